The van der Waals surface area contributed by atoms with Crippen molar-refractivity contribution in [3.8, 4) is 0 Å². The van der Waals surface area contributed by atoms with E-state index < -0.39 is 0 Å². The SMILES string of the molecule is CC(C)CN(C)C(=O)OC(C(C)C)C(C)C. The zero-order valence-corrected chi connectivity index (χ0v) is 11.8. The predicted molar refractivity (Wildman–Crippen MR) is 67.4 cm³/mol. The van der Waals surface area contributed by atoms with Crippen molar-refractivity contribution in [3.63, 3.8) is 0 Å². The van der Waals surface area contributed by atoms with Gasteiger partial charge in [0.25, 0.3) is 0 Å². The Morgan fingerprint density at radius 1 is 1.06 bits per heavy atom. The Morgan fingerprint density at radius 3 is 1.81 bits per heavy atom. The summed E-state index contributed by atoms with van der Waals surface area (Å²) in [6.07, 6.45) is -0.205. The van der Waals surface area contributed by atoms with E-state index in [1.807, 2.05) is 0 Å². The zero-order valence-electron chi connectivity index (χ0n) is 11.8. The summed E-state index contributed by atoms with van der Waals surface area (Å²) in [6.45, 7) is 13.3. The Hall–Kier alpha value is -0.730. The molecule has 0 saturated heterocycles. The minimum atomic E-state index is -0.207. The van der Waals surface area contributed by atoms with Crippen molar-refractivity contribution in [3.05, 3.63) is 0 Å². The number of carbonyl (C=O) groups is 1. The van der Waals surface area contributed by atoms with E-state index in [4.69, 9.17) is 4.74 Å². The number of carbonyl (C=O) groups excluding carboxylic acids is 1. The number of hydrogen-bond donors (Lipinski definition) is 0. The Labute approximate surface area is 100 Å². The molecule has 1 amide bonds. The molecule has 0 radical (unpaired) electrons. The van der Waals surface area contributed by atoms with Gasteiger partial charge < -0.3 is 9.64 Å². The highest BCUT2D eigenvalue weighted by atomic mass is 16.6. The van der Waals surface area contributed by atoms with E-state index in [2.05, 4.69) is 41.5 Å². The lowest BCUT2D eigenvalue weighted by Crippen LogP contribution is -2.37. The van der Waals surface area contributed by atoms with E-state index in [9.17, 15) is 4.79 Å². The number of rotatable bonds is 5. The fourth-order valence-electron chi connectivity index (χ4n) is 1.87. The first-order chi connectivity index (χ1) is 7.25. The molecule has 0 spiro atoms. The number of ether oxygens (including phenoxy) is 1. The maximum Gasteiger partial charge on any atom is 0.409 e. The molecule has 0 aliphatic carbocycles. The molecule has 0 rings (SSSR count). The van der Waals surface area contributed by atoms with Crippen LogP contribution in [0.25, 0.3) is 0 Å². The van der Waals surface area contributed by atoms with Gasteiger partial charge in [-0.2, -0.15) is 0 Å². The molecule has 0 aromatic carbocycles. The summed E-state index contributed by atoms with van der Waals surface area (Å²) >= 11 is 0. The summed E-state index contributed by atoms with van der Waals surface area (Å²) < 4.78 is 5.52. The normalized spacial score (nSPS) is 11.7. The van der Waals surface area contributed by atoms with E-state index in [0.29, 0.717) is 17.8 Å². The second-order valence-electron chi connectivity index (χ2n) is 5.61. The molecule has 3 heteroatoms. The maximum atomic E-state index is 11.8. The van der Waals surface area contributed by atoms with Crippen molar-refractivity contribution < 1.29 is 9.53 Å². The lowest BCUT2D eigenvalue weighted by atomic mass is 9.96. The minimum Gasteiger partial charge on any atom is -0.446 e. The Balaban J connectivity index is 4.29. The molecule has 0 aromatic rings. The van der Waals surface area contributed by atoms with Gasteiger partial charge in [-0.05, 0) is 17.8 Å². The first-order valence-corrected chi connectivity index (χ1v) is 6.17. The van der Waals surface area contributed by atoms with Crippen LogP contribution in [-0.2, 0) is 4.74 Å². The average molecular weight is 229 g/mol. The lowest BCUT2D eigenvalue weighted by molar-refractivity contribution is 0.0212. The van der Waals surface area contributed by atoms with Gasteiger partial charge >= 0.3 is 6.09 Å². The van der Waals surface area contributed by atoms with E-state index in [-0.39, 0.29) is 12.2 Å². The summed E-state index contributed by atoms with van der Waals surface area (Å²) in [6, 6.07) is 0. The van der Waals surface area contributed by atoms with Gasteiger partial charge in [-0.1, -0.05) is 41.5 Å². The lowest BCUT2D eigenvalue weighted by Gasteiger charge is -2.28. The fraction of sp³-hybridized carbons (Fsp3) is 0.923. The maximum absolute atomic E-state index is 11.8. The second kappa shape index (κ2) is 6.77. The zero-order chi connectivity index (χ0) is 12.9. The minimum absolute atomic E-state index is 0.00196. The average Bonchev–Trinajstić information content (AvgIpc) is 2.11. The molecular weight excluding hydrogens is 202 g/mol. The molecule has 16 heavy (non-hydrogen) atoms. The standard InChI is InChI=1S/C13H27NO2/c1-9(2)8-14(7)13(15)16-12(10(3)4)11(5)6/h9-12H,8H2,1-7H3. The third-order valence-corrected chi connectivity index (χ3v) is 2.50. The second-order valence-corrected chi connectivity index (χ2v) is 5.61. The Kier molecular flexibility index (Phi) is 6.46. The molecule has 0 fully saturated rings. The van der Waals surface area contributed by atoms with E-state index in [1.54, 1.807) is 11.9 Å². The van der Waals surface area contributed by atoms with Gasteiger partial charge in [-0.15, -0.1) is 0 Å². The molecule has 3 nitrogen and oxygen atoms in total. The molecule has 0 atom stereocenters. The molecule has 0 aliphatic heterocycles. The van der Waals surface area contributed by atoms with Crippen LogP contribution in [0.3, 0.4) is 0 Å². The first-order valence-electron chi connectivity index (χ1n) is 6.17. The summed E-state index contributed by atoms with van der Waals surface area (Å²) in [5.74, 6) is 1.18. The van der Waals surface area contributed by atoms with Crippen LogP contribution in [0.1, 0.15) is 41.5 Å². The smallest absolute Gasteiger partial charge is 0.409 e. The van der Waals surface area contributed by atoms with Crippen molar-refractivity contribution in [2.45, 2.75) is 47.6 Å². The van der Waals surface area contributed by atoms with Crippen LogP contribution in [0.5, 0.6) is 0 Å². The van der Waals surface area contributed by atoms with Crippen molar-refractivity contribution in [1.82, 2.24) is 4.90 Å². The van der Waals surface area contributed by atoms with Crippen molar-refractivity contribution in [2.24, 2.45) is 17.8 Å². The number of nitrogens with zero attached hydrogens (tertiary/aromatic N) is 1. The van der Waals surface area contributed by atoms with Gasteiger partial charge in [0.15, 0.2) is 0 Å². The number of amides is 1. The van der Waals surface area contributed by atoms with Crippen LogP contribution in [-0.4, -0.2) is 30.7 Å². The van der Waals surface area contributed by atoms with Gasteiger partial charge in [0.1, 0.15) is 6.10 Å². The topological polar surface area (TPSA) is 29.5 Å². The third kappa shape index (κ3) is 5.38. The molecule has 0 unspecified atom stereocenters. The van der Waals surface area contributed by atoms with Crippen LogP contribution in [0.15, 0.2) is 0 Å². The van der Waals surface area contributed by atoms with Gasteiger partial charge in [0.2, 0.25) is 0 Å². The molecular formula is C13H27NO2. The summed E-state index contributed by atoms with van der Waals surface area (Å²) in [5, 5.41) is 0. The molecule has 96 valence electrons. The highest BCUT2D eigenvalue weighted by Gasteiger charge is 2.23. The molecule has 0 N–H and O–H groups in total. The predicted octanol–water partition coefficient (Wildman–Crippen LogP) is 3.39. The summed E-state index contributed by atoms with van der Waals surface area (Å²) in [7, 11) is 1.79. The van der Waals surface area contributed by atoms with E-state index >= 15 is 0 Å². The van der Waals surface area contributed by atoms with Crippen LogP contribution >= 0.6 is 0 Å². The molecule has 0 saturated carbocycles. The van der Waals surface area contributed by atoms with Crippen molar-refractivity contribution >= 4 is 6.09 Å². The third-order valence-electron chi connectivity index (χ3n) is 2.50. The van der Waals surface area contributed by atoms with Crippen LogP contribution in [0.4, 0.5) is 4.79 Å². The van der Waals surface area contributed by atoms with Crippen LogP contribution in [0, 0.1) is 17.8 Å². The molecule has 0 heterocycles. The van der Waals surface area contributed by atoms with Gasteiger partial charge in [-0.3, -0.25) is 0 Å². The summed E-state index contributed by atoms with van der Waals surface area (Å²) in [4.78, 5) is 13.5. The van der Waals surface area contributed by atoms with Crippen LogP contribution in [0.2, 0.25) is 0 Å². The van der Waals surface area contributed by atoms with Gasteiger partial charge in [-0.25, -0.2) is 4.79 Å². The van der Waals surface area contributed by atoms with Crippen LogP contribution < -0.4 is 0 Å². The quantitative estimate of drug-likeness (QED) is 0.723. The largest absolute Gasteiger partial charge is 0.446 e. The fourth-order valence-corrected chi connectivity index (χ4v) is 1.87. The Bertz CT molecular complexity index is 204. The number of hydrogen-bond acceptors (Lipinski definition) is 2. The highest BCUT2D eigenvalue weighted by molar-refractivity contribution is 5.67. The van der Waals surface area contributed by atoms with Crippen molar-refractivity contribution in [1.29, 1.82) is 0 Å². The molecule has 0 bridgehead atoms. The highest BCUT2D eigenvalue weighted by Crippen LogP contribution is 2.17. The van der Waals surface area contributed by atoms with E-state index in [0.717, 1.165) is 6.54 Å². The van der Waals surface area contributed by atoms with E-state index in [1.165, 1.54) is 0 Å². The van der Waals surface area contributed by atoms with Gasteiger partial charge in [0.05, 0.1) is 0 Å². The van der Waals surface area contributed by atoms with Gasteiger partial charge in [0, 0.05) is 13.6 Å². The first kappa shape index (κ1) is 15.3. The monoisotopic (exact) mass is 229 g/mol. The van der Waals surface area contributed by atoms with Crippen molar-refractivity contribution in [2.75, 3.05) is 13.6 Å². The summed E-state index contributed by atoms with van der Waals surface area (Å²) in [5.41, 5.74) is 0. The molecule has 0 aromatic heterocycles. The Morgan fingerprint density at radius 2 is 1.50 bits per heavy atom. The molecule has 0 aliphatic rings.